The summed E-state index contributed by atoms with van der Waals surface area (Å²) in [5.74, 6) is 0.703. The molecule has 0 aromatic heterocycles. The van der Waals surface area contributed by atoms with Crippen LogP contribution in [0.1, 0.15) is 46.7 Å². The highest BCUT2D eigenvalue weighted by molar-refractivity contribution is 6.03. The molecule has 0 saturated carbocycles. The molecule has 23 heavy (non-hydrogen) atoms. The Labute approximate surface area is 136 Å². The number of methoxy groups -OCH3 is 1. The van der Waals surface area contributed by atoms with Crippen LogP contribution in [0.2, 0.25) is 0 Å². The van der Waals surface area contributed by atoms with Crippen LogP contribution >= 0.6 is 0 Å². The van der Waals surface area contributed by atoms with Crippen molar-refractivity contribution in [1.29, 1.82) is 0 Å². The lowest BCUT2D eigenvalue weighted by molar-refractivity contribution is -0.116. The fourth-order valence-electron chi connectivity index (χ4n) is 3.19. The smallest absolute Gasteiger partial charge is 0.231 e. The second kappa shape index (κ2) is 5.70. The molecule has 3 rings (SSSR count). The predicted octanol–water partition coefficient (Wildman–Crippen LogP) is 3.42. The molecular formula is C19H22N2O2. The minimum atomic E-state index is -0.253. The van der Waals surface area contributed by atoms with Crippen LogP contribution in [0.3, 0.4) is 0 Å². The van der Waals surface area contributed by atoms with Crippen molar-refractivity contribution < 1.29 is 9.53 Å². The first kappa shape index (κ1) is 15.6. The van der Waals surface area contributed by atoms with E-state index in [4.69, 9.17) is 10.5 Å². The summed E-state index contributed by atoms with van der Waals surface area (Å²) in [6.07, 6.45) is 0. The van der Waals surface area contributed by atoms with Crippen LogP contribution in [0.15, 0.2) is 30.3 Å². The lowest BCUT2D eigenvalue weighted by Gasteiger charge is -2.20. The number of hydrogen-bond donors (Lipinski definition) is 2. The summed E-state index contributed by atoms with van der Waals surface area (Å²) in [5, 5.41) is 2.98. The zero-order valence-corrected chi connectivity index (χ0v) is 13.9. The molecule has 0 radical (unpaired) electrons. The maximum absolute atomic E-state index is 12.0. The van der Waals surface area contributed by atoms with E-state index in [1.165, 1.54) is 0 Å². The Hall–Kier alpha value is -2.33. The van der Waals surface area contributed by atoms with Gasteiger partial charge in [0.1, 0.15) is 5.75 Å². The molecule has 0 fully saturated rings. The number of ether oxygens (including phenoxy) is 1. The summed E-state index contributed by atoms with van der Waals surface area (Å²) >= 11 is 0. The second-order valence-corrected chi connectivity index (χ2v) is 6.15. The molecule has 1 heterocycles. The molecule has 120 valence electrons. The number of anilines is 1. The highest BCUT2D eigenvalue weighted by atomic mass is 16.5. The summed E-state index contributed by atoms with van der Waals surface area (Å²) in [5.41, 5.74) is 12.8. The van der Waals surface area contributed by atoms with Gasteiger partial charge in [-0.25, -0.2) is 0 Å². The monoisotopic (exact) mass is 310 g/mol. The van der Waals surface area contributed by atoms with Gasteiger partial charge in [0.15, 0.2) is 0 Å². The highest BCUT2D eigenvalue weighted by Gasteiger charge is 2.30. The number of fused-ring (bicyclic) bond motifs is 1. The van der Waals surface area contributed by atoms with Crippen LogP contribution in [0.5, 0.6) is 5.75 Å². The summed E-state index contributed by atoms with van der Waals surface area (Å²) in [7, 11) is 1.65. The normalized spacial score (nSPS) is 17.6. The van der Waals surface area contributed by atoms with Crippen molar-refractivity contribution in [2.45, 2.75) is 32.7 Å². The van der Waals surface area contributed by atoms with E-state index in [1.807, 2.05) is 38.1 Å². The van der Waals surface area contributed by atoms with E-state index in [0.29, 0.717) is 0 Å². The molecule has 1 amide bonds. The van der Waals surface area contributed by atoms with Gasteiger partial charge in [0.2, 0.25) is 5.91 Å². The molecular weight excluding hydrogens is 288 g/mol. The number of carbonyl (C=O) groups excluding carboxylic acids is 1. The fourth-order valence-corrected chi connectivity index (χ4v) is 3.19. The van der Waals surface area contributed by atoms with Crippen LogP contribution in [0, 0.1) is 13.8 Å². The molecule has 2 aromatic rings. The van der Waals surface area contributed by atoms with Gasteiger partial charge in [0, 0.05) is 5.69 Å². The SMILES string of the molecule is COc1cccc(C(N)c2cc3c(c(C)c2C)NC(=O)C3C)c1. The third-order valence-corrected chi connectivity index (χ3v) is 4.87. The Kier molecular flexibility index (Phi) is 3.86. The van der Waals surface area contributed by atoms with E-state index in [9.17, 15) is 4.79 Å². The van der Waals surface area contributed by atoms with Crippen molar-refractivity contribution in [3.63, 3.8) is 0 Å². The van der Waals surface area contributed by atoms with Gasteiger partial charge in [-0.15, -0.1) is 0 Å². The molecule has 0 bridgehead atoms. The van der Waals surface area contributed by atoms with Gasteiger partial charge < -0.3 is 15.8 Å². The molecule has 3 N–H and O–H groups in total. The van der Waals surface area contributed by atoms with Gasteiger partial charge in [-0.1, -0.05) is 18.2 Å². The van der Waals surface area contributed by atoms with E-state index in [2.05, 4.69) is 18.3 Å². The molecule has 4 heteroatoms. The number of amides is 1. The predicted molar refractivity (Wildman–Crippen MR) is 92.0 cm³/mol. The quantitative estimate of drug-likeness (QED) is 0.913. The maximum Gasteiger partial charge on any atom is 0.231 e. The number of nitrogens with two attached hydrogens (primary N) is 1. The van der Waals surface area contributed by atoms with Gasteiger partial charge in [0.05, 0.1) is 19.1 Å². The minimum Gasteiger partial charge on any atom is -0.497 e. The van der Waals surface area contributed by atoms with Crippen molar-refractivity contribution in [3.8, 4) is 5.75 Å². The van der Waals surface area contributed by atoms with Crippen molar-refractivity contribution in [3.05, 3.63) is 58.1 Å². The Morgan fingerprint density at radius 1 is 1.22 bits per heavy atom. The molecule has 4 nitrogen and oxygen atoms in total. The first-order valence-corrected chi connectivity index (χ1v) is 7.78. The van der Waals surface area contributed by atoms with Crippen LogP contribution in [0.25, 0.3) is 0 Å². The highest BCUT2D eigenvalue weighted by Crippen LogP contribution is 2.40. The lowest BCUT2D eigenvalue weighted by atomic mass is 9.88. The number of nitrogens with one attached hydrogen (secondary N) is 1. The summed E-state index contributed by atoms with van der Waals surface area (Å²) in [6, 6.07) is 9.63. The Morgan fingerprint density at radius 2 is 1.96 bits per heavy atom. The molecule has 2 atom stereocenters. The maximum atomic E-state index is 12.0. The van der Waals surface area contributed by atoms with Crippen molar-refractivity contribution in [2.24, 2.45) is 5.73 Å². The molecule has 1 aliphatic rings. The summed E-state index contributed by atoms with van der Waals surface area (Å²) in [6.45, 7) is 6.02. The van der Waals surface area contributed by atoms with E-state index >= 15 is 0 Å². The number of carbonyl (C=O) groups is 1. The van der Waals surface area contributed by atoms with Crippen molar-refractivity contribution in [1.82, 2.24) is 0 Å². The number of hydrogen-bond acceptors (Lipinski definition) is 3. The standard InChI is InChI=1S/C19H22N2O2/c1-10-11(2)18-16(12(3)19(22)21-18)9-15(10)17(20)13-6-5-7-14(8-13)23-4/h5-9,12,17H,20H2,1-4H3,(H,21,22). The third-order valence-electron chi connectivity index (χ3n) is 4.87. The molecule has 1 aliphatic heterocycles. The molecule has 2 aromatic carbocycles. The van der Waals surface area contributed by atoms with Gasteiger partial charge >= 0.3 is 0 Å². The molecule has 2 unspecified atom stereocenters. The van der Waals surface area contributed by atoms with Gasteiger partial charge in [-0.3, -0.25) is 4.79 Å². The van der Waals surface area contributed by atoms with Crippen molar-refractivity contribution >= 4 is 11.6 Å². The first-order chi connectivity index (χ1) is 10.9. The van der Waals surface area contributed by atoms with Crippen LogP contribution in [-0.2, 0) is 4.79 Å². The second-order valence-electron chi connectivity index (χ2n) is 6.15. The summed E-state index contributed by atoms with van der Waals surface area (Å²) < 4.78 is 5.29. The zero-order valence-electron chi connectivity index (χ0n) is 13.9. The summed E-state index contributed by atoms with van der Waals surface area (Å²) in [4.78, 5) is 12.0. The minimum absolute atomic E-state index is 0.0506. The van der Waals surface area contributed by atoms with Crippen LogP contribution in [-0.4, -0.2) is 13.0 Å². The third kappa shape index (κ3) is 2.49. The largest absolute Gasteiger partial charge is 0.497 e. The fraction of sp³-hybridized carbons (Fsp3) is 0.316. The van der Waals surface area contributed by atoms with Crippen molar-refractivity contribution in [2.75, 3.05) is 12.4 Å². The number of benzene rings is 2. The molecule has 0 spiro atoms. The average Bonchev–Trinajstić information content (AvgIpc) is 2.85. The topological polar surface area (TPSA) is 64.3 Å². The van der Waals surface area contributed by atoms with E-state index in [-0.39, 0.29) is 17.9 Å². The van der Waals surface area contributed by atoms with E-state index < -0.39 is 0 Å². The Bertz CT molecular complexity index is 783. The van der Waals surface area contributed by atoms with Crippen LogP contribution < -0.4 is 15.8 Å². The Balaban J connectivity index is 2.10. The van der Waals surface area contributed by atoms with E-state index in [0.717, 1.165) is 39.3 Å². The molecule has 0 aliphatic carbocycles. The lowest BCUT2D eigenvalue weighted by Crippen LogP contribution is -2.14. The first-order valence-electron chi connectivity index (χ1n) is 7.78. The van der Waals surface area contributed by atoms with E-state index in [1.54, 1.807) is 7.11 Å². The Morgan fingerprint density at radius 3 is 2.65 bits per heavy atom. The molecule has 0 saturated heterocycles. The van der Waals surface area contributed by atoms with Gasteiger partial charge in [0.25, 0.3) is 0 Å². The van der Waals surface area contributed by atoms with Gasteiger partial charge in [-0.05, 0) is 60.7 Å². The number of rotatable bonds is 3. The zero-order chi connectivity index (χ0) is 16.7. The van der Waals surface area contributed by atoms with Crippen LogP contribution in [0.4, 0.5) is 5.69 Å². The average molecular weight is 310 g/mol. The van der Waals surface area contributed by atoms with Gasteiger partial charge in [-0.2, -0.15) is 0 Å².